The summed E-state index contributed by atoms with van der Waals surface area (Å²) in [6, 6.07) is 82.0. The molecule has 7 heteroatoms. The Kier molecular flexibility index (Phi) is 11.3. The molecule has 0 saturated carbocycles. The van der Waals surface area contributed by atoms with Gasteiger partial charge >= 0.3 is 0 Å². The van der Waals surface area contributed by atoms with Gasteiger partial charge in [-0.15, -0.1) is 24.3 Å². The van der Waals surface area contributed by atoms with Crippen molar-refractivity contribution >= 4 is 54.6 Å². The average molecular weight is 1100 g/mol. The van der Waals surface area contributed by atoms with Crippen molar-refractivity contribution in [2.24, 2.45) is 5.92 Å². The second-order valence-electron chi connectivity index (χ2n) is 18.3. The minimum atomic E-state index is 0. The summed E-state index contributed by atoms with van der Waals surface area (Å²) in [5.74, 6) is 2.44. The molecule has 13 aromatic rings. The first-order valence-electron chi connectivity index (χ1n) is 23.9. The van der Waals surface area contributed by atoms with E-state index in [2.05, 4.69) is 251 Å². The molecule has 0 N–H and O–H groups in total. The third-order valence-electron chi connectivity index (χ3n) is 13.4. The van der Waals surface area contributed by atoms with Crippen molar-refractivity contribution in [3.8, 4) is 56.6 Å². The van der Waals surface area contributed by atoms with Crippen LogP contribution >= 0.6 is 0 Å². The van der Waals surface area contributed by atoms with Crippen LogP contribution in [-0.2, 0) is 27.5 Å². The molecule has 0 aliphatic heterocycles. The standard InChI is InChI=1S/C64H45N5O.Pt/c1-43(2)37-44-35-36-65-62(38-44)69-57-32-14-11-27-54(57)63-60(68-55-30-12-9-25-52(55)53-26-10-13-31-56(53)68)40-49(41-61(63)69)70-48-24-17-23-47(39-48)66-42-67(59-34-16-15-33-58(59)66)64-50(45-19-5-3-6-20-45)28-18-29-51(64)46-21-7-4-8-22-46;/h3-36,38,40,43H,37H2,1-2H3;/q-2;. The Hall–Kier alpha value is -8.31. The summed E-state index contributed by atoms with van der Waals surface area (Å²) in [7, 11) is 0. The van der Waals surface area contributed by atoms with Gasteiger partial charge in [0, 0.05) is 55.1 Å². The number of rotatable bonds is 10. The molecule has 0 aliphatic rings. The average Bonchev–Trinajstić information content (AvgIpc) is 4.07. The molecule has 0 aliphatic carbocycles. The van der Waals surface area contributed by atoms with E-state index in [0.717, 1.165) is 95.4 Å². The van der Waals surface area contributed by atoms with Crippen molar-refractivity contribution in [1.82, 2.24) is 18.7 Å². The first kappa shape index (κ1) is 43.9. The fraction of sp³-hybridized carbons (Fsp3) is 0.0625. The van der Waals surface area contributed by atoms with Crippen molar-refractivity contribution in [1.29, 1.82) is 0 Å². The van der Waals surface area contributed by atoms with Crippen LogP contribution in [0.4, 0.5) is 0 Å². The number of aromatic nitrogens is 5. The molecular formula is C64H45N5OPt-2. The molecule has 344 valence electrons. The zero-order chi connectivity index (χ0) is 46.7. The SMILES string of the molecule is CC(C)Cc1ccnc(-n2c3[c-]c(Oc4[c-]c(-n5[c-][n+](-c6c(-c7ccccc7)cccc6-c6ccccc6)c6ccccc65)ccc4)cc(-n4c5ccccc5c5ccccc54)c3c3ccccc32)c1.[Pt]. The van der Waals surface area contributed by atoms with E-state index in [1.807, 2.05) is 18.3 Å². The smallest absolute Gasteiger partial charge is 0.268 e. The van der Waals surface area contributed by atoms with E-state index in [1.54, 1.807) is 0 Å². The van der Waals surface area contributed by atoms with Gasteiger partial charge in [0.05, 0.1) is 27.8 Å². The zero-order valence-corrected chi connectivity index (χ0v) is 41.3. The Bertz CT molecular complexity index is 4000. The van der Waals surface area contributed by atoms with Gasteiger partial charge in [0.15, 0.2) is 0 Å². The molecule has 4 aromatic heterocycles. The normalized spacial score (nSPS) is 11.6. The molecule has 0 atom stereocenters. The Labute approximate surface area is 426 Å². The van der Waals surface area contributed by atoms with E-state index in [0.29, 0.717) is 17.4 Å². The minimum Gasteiger partial charge on any atom is -0.510 e. The molecule has 9 aromatic carbocycles. The monoisotopic (exact) mass is 1090 g/mol. The molecule has 13 rings (SSSR count). The van der Waals surface area contributed by atoms with Crippen LogP contribution in [-0.4, -0.2) is 18.7 Å². The van der Waals surface area contributed by atoms with Gasteiger partial charge in [-0.05, 0) is 87.2 Å². The summed E-state index contributed by atoms with van der Waals surface area (Å²) in [6.45, 7) is 4.51. The third kappa shape index (κ3) is 7.63. The van der Waals surface area contributed by atoms with Gasteiger partial charge in [-0.3, -0.25) is 4.57 Å². The molecule has 0 spiro atoms. The van der Waals surface area contributed by atoms with E-state index in [4.69, 9.17) is 9.72 Å². The topological polar surface area (TPSA) is 40.8 Å². The van der Waals surface area contributed by atoms with E-state index in [-0.39, 0.29) is 21.1 Å². The van der Waals surface area contributed by atoms with Gasteiger partial charge in [0.1, 0.15) is 5.82 Å². The minimum absolute atomic E-state index is 0. The first-order chi connectivity index (χ1) is 34.6. The summed E-state index contributed by atoms with van der Waals surface area (Å²) < 4.78 is 15.9. The van der Waals surface area contributed by atoms with Crippen LogP contribution in [0.3, 0.4) is 0 Å². The predicted molar refractivity (Wildman–Crippen MR) is 284 cm³/mol. The van der Waals surface area contributed by atoms with E-state index in [1.165, 1.54) is 16.3 Å². The molecule has 6 nitrogen and oxygen atoms in total. The van der Waals surface area contributed by atoms with Crippen molar-refractivity contribution in [3.63, 3.8) is 0 Å². The molecule has 0 unspecified atom stereocenters. The van der Waals surface area contributed by atoms with Crippen LogP contribution < -0.4 is 9.30 Å². The second kappa shape index (κ2) is 18.2. The van der Waals surface area contributed by atoms with Crippen LogP contribution in [0.2, 0.25) is 0 Å². The number of imidazole rings is 1. The summed E-state index contributed by atoms with van der Waals surface area (Å²) in [4.78, 5) is 5.02. The van der Waals surface area contributed by atoms with E-state index in [9.17, 15) is 0 Å². The number of hydrogen-bond donors (Lipinski definition) is 0. The number of ether oxygens (including phenoxy) is 1. The van der Waals surface area contributed by atoms with Crippen LogP contribution in [0.25, 0.3) is 99.8 Å². The quantitative estimate of drug-likeness (QED) is 0.101. The molecule has 0 bridgehead atoms. The number of para-hydroxylation sites is 6. The van der Waals surface area contributed by atoms with E-state index < -0.39 is 0 Å². The number of nitrogens with zero attached hydrogens (tertiary/aromatic N) is 5. The van der Waals surface area contributed by atoms with Gasteiger partial charge in [-0.25, -0.2) is 4.98 Å². The Morgan fingerprint density at radius 3 is 1.77 bits per heavy atom. The van der Waals surface area contributed by atoms with Gasteiger partial charge in [0.2, 0.25) is 0 Å². The van der Waals surface area contributed by atoms with Gasteiger partial charge in [-0.1, -0.05) is 182 Å². The van der Waals surface area contributed by atoms with Crippen LogP contribution in [0.15, 0.2) is 219 Å². The van der Waals surface area contributed by atoms with Gasteiger partial charge in [-0.2, -0.15) is 12.1 Å². The number of pyridine rings is 1. The molecule has 0 radical (unpaired) electrons. The van der Waals surface area contributed by atoms with Crippen LogP contribution in [0.1, 0.15) is 19.4 Å². The molecule has 0 amide bonds. The molecular weight excluding hydrogens is 1050 g/mol. The van der Waals surface area contributed by atoms with Crippen molar-refractivity contribution in [3.05, 3.63) is 243 Å². The Morgan fingerprint density at radius 2 is 1.11 bits per heavy atom. The molecule has 4 heterocycles. The molecule has 0 fully saturated rings. The molecule has 0 saturated heterocycles. The van der Waals surface area contributed by atoms with Gasteiger partial charge < -0.3 is 18.4 Å². The summed E-state index contributed by atoms with van der Waals surface area (Å²) in [5.41, 5.74) is 14.7. The fourth-order valence-electron chi connectivity index (χ4n) is 10.4. The summed E-state index contributed by atoms with van der Waals surface area (Å²) >= 11 is 0. The maximum Gasteiger partial charge on any atom is 0.268 e. The van der Waals surface area contributed by atoms with Crippen molar-refractivity contribution < 1.29 is 30.4 Å². The predicted octanol–water partition coefficient (Wildman–Crippen LogP) is 15.2. The van der Waals surface area contributed by atoms with Crippen LogP contribution in [0, 0.1) is 24.4 Å². The zero-order valence-electron chi connectivity index (χ0n) is 39.0. The number of fused-ring (bicyclic) bond motifs is 7. The maximum absolute atomic E-state index is 7.04. The van der Waals surface area contributed by atoms with Crippen molar-refractivity contribution in [2.45, 2.75) is 20.3 Å². The second-order valence-corrected chi connectivity index (χ2v) is 18.3. The first-order valence-corrected chi connectivity index (χ1v) is 23.9. The van der Waals surface area contributed by atoms with E-state index >= 15 is 0 Å². The fourth-order valence-corrected chi connectivity index (χ4v) is 10.4. The van der Waals surface area contributed by atoms with Gasteiger partial charge in [0.25, 0.3) is 6.33 Å². The summed E-state index contributed by atoms with van der Waals surface area (Å²) in [6.07, 6.45) is 6.68. The Morgan fingerprint density at radius 1 is 0.535 bits per heavy atom. The van der Waals surface area contributed by atoms with Crippen LogP contribution in [0.5, 0.6) is 11.5 Å². The number of benzene rings is 9. The van der Waals surface area contributed by atoms with Crippen molar-refractivity contribution in [2.75, 3.05) is 0 Å². The maximum atomic E-state index is 7.04. The summed E-state index contributed by atoms with van der Waals surface area (Å²) in [5, 5.41) is 4.54. The Balaban J connectivity index is 0.00000517. The molecule has 71 heavy (non-hydrogen) atoms. The number of hydrogen-bond acceptors (Lipinski definition) is 2. The largest absolute Gasteiger partial charge is 0.510 e. The third-order valence-corrected chi connectivity index (χ3v) is 13.4.